The predicted octanol–water partition coefficient (Wildman–Crippen LogP) is 4.51. The highest BCUT2D eigenvalue weighted by molar-refractivity contribution is 6.32. The largest absolute Gasteiger partial charge is 0.495 e. The number of anilines is 4. The lowest BCUT2D eigenvalue weighted by molar-refractivity contribution is 0.405. The average Bonchev–Trinajstić information content (AvgIpc) is 2.70. The van der Waals surface area contributed by atoms with Crippen molar-refractivity contribution in [1.29, 1.82) is 5.26 Å². The maximum atomic E-state index is 8.87. The average molecular weight is 382 g/mol. The first-order valence-corrected chi connectivity index (χ1v) is 8.29. The fraction of sp³-hybridized carbons (Fsp3) is 0.105. The van der Waals surface area contributed by atoms with Gasteiger partial charge in [0.05, 0.1) is 36.6 Å². The summed E-state index contributed by atoms with van der Waals surface area (Å²) in [5, 5.41) is 15.6. The van der Waals surface area contributed by atoms with Gasteiger partial charge in [-0.05, 0) is 30.3 Å². The van der Waals surface area contributed by atoms with E-state index >= 15 is 0 Å². The van der Waals surface area contributed by atoms with E-state index in [9.17, 15) is 0 Å². The van der Waals surface area contributed by atoms with E-state index in [1.807, 2.05) is 0 Å². The number of benzene rings is 2. The molecule has 0 aliphatic heterocycles. The summed E-state index contributed by atoms with van der Waals surface area (Å²) in [5.41, 5.74) is 2.02. The van der Waals surface area contributed by atoms with Crippen molar-refractivity contribution in [2.24, 2.45) is 0 Å². The van der Waals surface area contributed by atoms with Crippen LogP contribution in [0.1, 0.15) is 5.56 Å². The third-order valence-electron chi connectivity index (χ3n) is 3.66. The molecule has 0 saturated heterocycles. The van der Waals surface area contributed by atoms with E-state index in [-0.39, 0.29) is 0 Å². The summed E-state index contributed by atoms with van der Waals surface area (Å²) >= 11 is 6.13. The summed E-state index contributed by atoms with van der Waals surface area (Å²) in [4.78, 5) is 8.65. The van der Waals surface area contributed by atoms with Crippen molar-refractivity contribution in [3.05, 3.63) is 59.2 Å². The molecule has 0 spiro atoms. The Morgan fingerprint density at radius 1 is 1.00 bits per heavy atom. The molecule has 2 aromatic carbocycles. The number of ether oxygens (including phenoxy) is 2. The van der Waals surface area contributed by atoms with Crippen LogP contribution in [-0.2, 0) is 0 Å². The highest BCUT2D eigenvalue weighted by atomic mass is 35.5. The van der Waals surface area contributed by atoms with E-state index in [1.165, 1.54) is 7.11 Å². The van der Waals surface area contributed by atoms with Gasteiger partial charge in [-0.25, -0.2) is 4.98 Å². The number of halogens is 1. The van der Waals surface area contributed by atoms with Crippen LogP contribution >= 0.6 is 11.6 Å². The van der Waals surface area contributed by atoms with Crippen LogP contribution in [0.2, 0.25) is 5.02 Å². The van der Waals surface area contributed by atoms with Crippen LogP contribution in [0.25, 0.3) is 0 Å². The Bertz CT molecular complexity index is 986. The van der Waals surface area contributed by atoms with Gasteiger partial charge in [-0.1, -0.05) is 11.6 Å². The highest BCUT2D eigenvalue weighted by Crippen LogP contribution is 2.36. The molecule has 7 nitrogen and oxygen atoms in total. The fourth-order valence-corrected chi connectivity index (χ4v) is 2.57. The minimum atomic E-state index is 0.372. The van der Waals surface area contributed by atoms with Gasteiger partial charge in [0, 0.05) is 24.0 Å². The molecule has 0 unspecified atom stereocenters. The molecule has 27 heavy (non-hydrogen) atoms. The highest BCUT2D eigenvalue weighted by Gasteiger charge is 2.11. The Morgan fingerprint density at radius 2 is 1.74 bits per heavy atom. The maximum absolute atomic E-state index is 8.87. The van der Waals surface area contributed by atoms with Gasteiger partial charge in [0.1, 0.15) is 17.3 Å². The molecular weight excluding hydrogens is 366 g/mol. The lowest BCUT2D eigenvalue weighted by atomic mass is 10.2. The van der Waals surface area contributed by atoms with Crippen molar-refractivity contribution < 1.29 is 9.47 Å². The molecule has 3 aromatic rings. The SMILES string of the molecule is COc1cc(Nc2nccc(Nc3ccc(C#N)cc3)n2)c(OC)cc1Cl. The van der Waals surface area contributed by atoms with Crippen LogP contribution in [0.5, 0.6) is 11.5 Å². The quantitative estimate of drug-likeness (QED) is 0.649. The third-order valence-corrected chi connectivity index (χ3v) is 3.96. The second-order valence-electron chi connectivity index (χ2n) is 5.39. The van der Waals surface area contributed by atoms with Crippen LogP contribution in [0.4, 0.5) is 23.1 Å². The van der Waals surface area contributed by atoms with E-state index < -0.39 is 0 Å². The van der Waals surface area contributed by atoms with Crippen LogP contribution in [-0.4, -0.2) is 24.2 Å². The molecule has 136 valence electrons. The number of methoxy groups -OCH3 is 2. The van der Waals surface area contributed by atoms with Gasteiger partial charge < -0.3 is 20.1 Å². The van der Waals surface area contributed by atoms with Crippen molar-refractivity contribution in [3.8, 4) is 17.6 Å². The number of hydrogen-bond donors (Lipinski definition) is 2. The van der Waals surface area contributed by atoms with Gasteiger partial charge in [-0.2, -0.15) is 10.2 Å². The van der Waals surface area contributed by atoms with E-state index in [4.69, 9.17) is 26.3 Å². The van der Waals surface area contributed by atoms with Crippen molar-refractivity contribution in [3.63, 3.8) is 0 Å². The van der Waals surface area contributed by atoms with Crippen LogP contribution < -0.4 is 20.1 Å². The van der Waals surface area contributed by atoms with E-state index in [0.717, 1.165) is 5.69 Å². The fourth-order valence-electron chi connectivity index (χ4n) is 2.34. The summed E-state index contributed by atoms with van der Waals surface area (Å²) in [6.45, 7) is 0. The van der Waals surface area contributed by atoms with Gasteiger partial charge in [0.25, 0.3) is 0 Å². The lowest BCUT2D eigenvalue weighted by Gasteiger charge is -2.13. The number of nitrogens with zero attached hydrogens (tertiary/aromatic N) is 3. The standard InChI is InChI=1S/C19H16ClN5O2/c1-26-16-10-15(17(27-2)9-14(16)20)24-19-22-8-7-18(25-19)23-13-5-3-12(11-21)4-6-13/h3-10H,1-2H3,(H2,22,23,24,25). The van der Waals surface area contributed by atoms with Crippen molar-refractivity contribution in [2.45, 2.75) is 0 Å². The van der Waals surface area contributed by atoms with Crippen LogP contribution in [0, 0.1) is 11.3 Å². The topological polar surface area (TPSA) is 92.1 Å². The minimum Gasteiger partial charge on any atom is -0.495 e. The van der Waals surface area contributed by atoms with Crippen molar-refractivity contribution in [1.82, 2.24) is 9.97 Å². The summed E-state index contributed by atoms with van der Waals surface area (Å²) in [6, 6.07) is 14.3. The Morgan fingerprint density at radius 3 is 2.41 bits per heavy atom. The van der Waals surface area contributed by atoms with Crippen LogP contribution in [0.15, 0.2) is 48.7 Å². The molecule has 0 amide bonds. The second-order valence-corrected chi connectivity index (χ2v) is 5.80. The minimum absolute atomic E-state index is 0.372. The molecule has 0 aliphatic carbocycles. The second kappa shape index (κ2) is 8.25. The number of nitriles is 1. The molecule has 8 heteroatoms. The predicted molar refractivity (Wildman–Crippen MR) is 104 cm³/mol. The molecule has 0 atom stereocenters. The van der Waals surface area contributed by atoms with Gasteiger partial charge >= 0.3 is 0 Å². The van der Waals surface area contributed by atoms with E-state index in [0.29, 0.717) is 39.5 Å². The Kier molecular flexibility index (Phi) is 5.59. The molecule has 0 radical (unpaired) electrons. The van der Waals surface area contributed by atoms with Crippen molar-refractivity contribution >= 4 is 34.7 Å². The number of nitrogens with one attached hydrogen (secondary N) is 2. The number of rotatable bonds is 6. The number of hydrogen-bond acceptors (Lipinski definition) is 7. The Hall–Kier alpha value is -3.50. The summed E-state index contributed by atoms with van der Waals surface area (Å²) < 4.78 is 10.6. The molecule has 2 N–H and O–H groups in total. The van der Waals surface area contributed by atoms with Gasteiger partial charge in [0.2, 0.25) is 5.95 Å². The maximum Gasteiger partial charge on any atom is 0.229 e. The summed E-state index contributed by atoms with van der Waals surface area (Å²) in [7, 11) is 3.09. The molecule has 3 rings (SSSR count). The van der Waals surface area contributed by atoms with Crippen LogP contribution in [0.3, 0.4) is 0 Å². The Labute approximate surface area is 161 Å². The zero-order valence-corrected chi connectivity index (χ0v) is 15.4. The summed E-state index contributed by atoms with van der Waals surface area (Å²) in [6.07, 6.45) is 1.63. The van der Waals surface area contributed by atoms with E-state index in [1.54, 1.807) is 55.8 Å². The first-order valence-electron chi connectivity index (χ1n) is 7.91. The van der Waals surface area contributed by atoms with Crippen molar-refractivity contribution in [2.75, 3.05) is 24.9 Å². The molecule has 0 saturated carbocycles. The molecule has 0 fully saturated rings. The molecule has 0 bridgehead atoms. The molecule has 1 aromatic heterocycles. The Balaban J connectivity index is 1.82. The zero-order valence-electron chi connectivity index (χ0n) is 14.7. The van der Waals surface area contributed by atoms with Gasteiger partial charge in [-0.3, -0.25) is 0 Å². The normalized spacial score (nSPS) is 10.0. The monoisotopic (exact) mass is 381 g/mol. The third kappa shape index (κ3) is 4.37. The van der Waals surface area contributed by atoms with E-state index in [2.05, 4.69) is 26.7 Å². The number of aromatic nitrogens is 2. The lowest BCUT2D eigenvalue weighted by Crippen LogP contribution is -2.02. The molecule has 1 heterocycles. The van der Waals surface area contributed by atoms with Gasteiger partial charge in [0.15, 0.2) is 0 Å². The van der Waals surface area contributed by atoms with Gasteiger partial charge in [-0.15, -0.1) is 0 Å². The smallest absolute Gasteiger partial charge is 0.229 e. The first kappa shape index (κ1) is 18.3. The first-order chi connectivity index (χ1) is 13.1. The zero-order chi connectivity index (χ0) is 19.2. The summed E-state index contributed by atoms with van der Waals surface area (Å²) in [5.74, 6) is 2.01. The molecular formula is C19H16ClN5O2. The molecule has 0 aliphatic rings.